The van der Waals surface area contributed by atoms with Gasteiger partial charge < -0.3 is 4.74 Å². The Labute approximate surface area is 121 Å². The average molecular weight is 304 g/mol. The van der Waals surface area contributed by atoms with E-state index in [0.29, 0.717) is 10.6 Å². The molecular weight excluding hydrogens is 288 g/mol. The zero-order valence-electron chi connectivity index (χ0n) is 11.5. The number of benzene rings is 1. The van der Waals surface area contributed by atoms with Crippen LogP contribution in [0.15, 0.2) is 18.2 Å². The molecular formula is C14H16ClF2NO2. The maximum Gasteiger partial charge on any atom is 0.410 e. The van der Waals surface area contributed by atoms with Crippen molar-refractivity contribution < 1.29 is 18.3 Å². The molecule has 1 aromatic rings. The molecule has 3 nitrogen and oxygen atoms in total. The van der Waals surface area contributed by atoms with Gasteiger partial charge in [-0.05, 0) is 38.5 Å². The molecule has 0 fully saturated rings. The number of alkyl halides is 2. The van der Waals surface area contributed by atoms with Crippen LogP contribution in [0.1, 0.15) is 31.9 Å². The van der Waals surface area contributed by atoms with E-state index in [4.69, 9.17) is 16.3 Å². The minimum Gasteiger partial charge on any atom is -0.444 e. The van der Waals surface area contributed by atoms with Crippen molar-refractivity contribution in [1.82, 2.24) is 4.90 Å². The lowest BCUT2D eigenvalue weighted by molar-refractivity contribution is -0.0591. The van der Waals surface area contributed by atoms with E-state index in [1.807, 2.05) is 0 Å². The second-order valence-electron chi connectivity index (χ2n) is 5.84. The van der Waals surface area contributed by atoms with Gasteiger partial charge in [0.15, 0.2) is 0 Å². The number of carbonyl (C=O) groups excluding carboxylic acids is 1. The van der Waals surface area contributed by atoms with Crippen molar-refractivity contribution in [2.24, 2.45) is 0 Å². The van der Waals surface area contributed by atoms with Gasteiger partial charge in [0.25, 0.3) is 5.92 Å². The lowest BCUT2D eigenvalue weighted by Gasteiger charge is -2.35. The maximum absolute atomic E-state index is 14.1. The number of nitrogens with zero attached hydrogens (tertiary/aromatic N) is 1. The fourth-order valence-electron chi connectivity index (χ4n) is 2.09. The maximum atomic E-state index is 14.1. The molecule has 1 aromatic carbocycles. The first-order valence-electron chi connectivity index (χ1n) is 6.23. The second-order valence-corrected chi connectivity index (χ2v) is 6.28. The zero-order valence-corrected chi connectivity index (χ0v) is 12.3. The van der Waals surface area contributed by atoms with Crippen LogP contribution in [0.4, 0.5) is 13.6 Å². The van der Waals surface area contributed by atoms with E-state index in [-0.39, 0.29) is 12.1 Å². The Morgan fingerprint density at radius 3 is 2.65 bits per heavy atom. The molecule has 1 aliphatic rings. The van der Waals surface area contributed by atoms with Crippen LogP contribution in [0.25, 0.3) is 0 Å². The molecule has 2 rings (SSSR count). The Kier molecular flexibility index (Phi) is 3.67. The van der Waals surface area contributed by atoms with Gasteiger partial charge in [-0.15, -0.1) is 0 Å². The van der Waals surface area contributed by atoms with Crippen molar-refractivity contribution >= 4 is 17.7 Å². The molecule has 1 heterocycles. The third-order valence-corrected chi connectivity index (χ3v) is 3.10. The summed E-state index contributed by atoms with van der Waals surface area (Å²) in [6, 6.07) is 4.20. The topological polar surface area (TPSA) is 29.5 Å². The van der Waals surface area contributed by atoms with Gasteiger partial charge in [-0.3, -0.25) is 4.90 Å². The molecule has 20 heavy (non-hydrogen) atoms. The lowest BCUT2D eigenvalue weighted by atomic mass is 9.97. The molecule has 0 N–H and O–H groups in total. The second kappa shape index (κ2) is 4.88. The Balaban J connectivity index is 2.28. The first-order chi connectivity index (χ1) is 9.08. The van der Waals surface area contributed by atoms with Gasteiger partial charge >= 0.3 is 6.09 Å². The predicted octanol–water partition coefficient (Wildman–Crippen LogP) is 4.18. The van der Waals surface area contributed by atoms with Gasteiger partial charge in [-0.1, -0.05) is 17.7 Å². The van der Waals surface area contributed by atoms with Crippen molar-refractivity contribution in [3.8, 4) is 0 Å². The highest BCUT2D eigenvalue weighted by Gasteiger charge is 2.42. The third kappa shape index (κ3) is 3.20. The van der Waals surface area contributed by atoms with Crippen LogP contribution < -0.4 is 0 Å². The molecule has 0 aromatic heterocycles. The summed E-state index contributed by atoms with van der Waals surface area (Å²) in [6.07, 6.45) is -0.747. The summed E-state index contributed by atoms with van der Waals surface area (Å²) in [5.41, 5.74) is -0.456. The summed E-state index contributed by atoms with van der Waals surface area (Å²) < 4.78 is 33.3. The number of rotatable bonds is 0. The summed E-state index contributed by atoms with van der Waals surface area (Å²) in [4.78, 5) is 12.9. The van der Waals surface area contributed by atoms with Gasteiger partial charge in [0, 0.05) is 17.1 Å². The molecule has 0 aliphatic carbocycles. The van der Waals surface area contributed by atoms with Crippen LogP contribution >= 0.6 is 11.6 Å². The Morgan fingerprint density at radius 1 is 1.40 bits per heavy atom. The van der Waals surface area contributed by atoms with Gasteiger partial charge in [0.2, 0.25) is 0 Å². The number of amides is 1. The molecule has 0 saturated carbocycles. The van der Waals surface area contributed by atoms with Crippen LogP contribution in [0.2, 0.25) is 5.02 Å². The zero-order chi connectivity index (χ0) is 15.1. The number of carbonyl (C=O) groups is 1. The van der Waals surface area contributed by atoms with E-state index in [1.165, 1.54) is 18.2 Å². The quantitative estimate of drug-likeness (QED) is 0.719. The van der Waals surface area contributed by atoms with Crippen molar-refractivity contribution in [1.29, 1.82) is 0 Å². The number of ether oxygens (including phenoxy) is 1. The van der Waals surface area contributed by atoms with E-state index >= 15 is 0 Å². The van der Waals surface area contributed by atoms with Crippen molar-refractivity contribution in [3.63, 3.8) is 0 Å². The van der Waals surface area contributed by atoms with Crippen LogP contribution in [0.5, 0.6) is 0 Å². The monoisotopic (exact) mass is 303 g/mol. The molecule has 110 valence electrons. The van der Waals surface area contributed by atoms with Crippen LogP contribution in [-0.4, -0.2) is 23.1 Å². The minimum atomic E-state index is -3.10. The lowest BCUT2D eigenvalue weighted by Crippen LogP contribution is -2.45. The molecule has 1 aliphatic heterocycles. The summed E-state index contributed by atoms with van der Waals surface area (Å²) in [6.45, 7) is 4.46. The fourth-order valence-corrected chi connectivity index (χ4v) is 2.29. The molecule has 1 amide bonds. The molecule has 6 heteroatoms. The van der Waals surface area contributed by atoms with E-state index in [2.05, 4.69) is 0 Å². The molecule has 0 spiro atoms. The normalized spacial score (nSPS) is 17.6. The Hall–Kier alpha value is -1.36. The highest BCUT2D eigenvalue weighted by atomic mass is 35.5. The number of hydrogen-bond acceptors (Lipinski definition) is 2. The van der Waals surface area contributed by atoms with Gasteiger partial charge in [-0.2, -0.15) is 8.78 Å². The van der Waals surface area contributed by atoms with E-state index in [0.717, 1.165) is 4.90 Å². The largest absolute Gasteiger partial charge is 0.444 e. The van der Waals surface area contributed by atoms with Crippen LogP contribution in [0.3, 0.4) is 0 Å². The SMILES string of the molecule is CC(C)(C)OC(=O)N1Cc2cc(Cl)ccc2C(F)(F)C1. The predicted molar refractivity (Wildman–Crippen MR) is 72.0 cm³/mol. The van der Waals surface area contributed by atoms with E-state index < -0.39 is 24.2 Å². The Morgan fingerprint density at radius 2 is 2.05 bits per heavy atom. The van der Waals surface area contributed by atoms with E-state index in [1.54, 1.807) is 20.8 Å². The van der Waals surface area contributed by atoms with E-state index in [9.17, 15) is 13.6 Å². The highest BCUT2D eigenvalue weighted by molar-refractivity contribution is 6.30. The Bertz CT molecular complexity index is 540. The summed E-state index contributed by atoms with van der Waals surface area (Å²) in [7, 11) is 0. The third-order valence-electron chi connectivity index (χ3n) is 2.86. The fraction of sp³-hybridized carbons (Fsp3) is 0.500. The first-order valence-corrected chi connectivity index (χ1v) is 6.61. The summed E-state index contributed by atoms with van der Waals surface area (Å²) in [5.74, 6) is -3.10. The number of hydrogen-bond donors (Lipinski definition) is 0. The minimum absolute atomic E-state index is 0.0698. The molecule has 0 unspecified atom stereocenters. The molecule has 0 atom stereocenters. The summed E-state index contributed by atoms with van der Waals surface area (Å²) in [5, 5.41) is 0.366. The smallest absolute Gasteiger partial charge is 0.410 e. The number of fused-ring (bicyclic) bond motifs is 1. The van der Waals surface area contributed by atoms with Crippen molar-refractivity contribution in [3.05, 3.63) is 34.3 Å². The van der Waals surface area contributed by atoms with Gasteiger partial charge in [0.1, 0.15) is 5.60 Å². The van der Waals surface area contributed by atoms with Crippen LogP contribution in [0, 0.1) is 0 Å². The molecule has 0 radical (unpaired) electrons. The standard InChI is InChI=1S/C14H16ClF2NO2/c1-13(2,3)20-12(19)18-7-9-6-10(15)4-5-11(9)14(16,17)8-18/h4-6H,7-8H2,1-3H3. The van der Waals surface area contributed by atoms with Gasteiger partial charge in [-0.25, -0.2) is 4.79 Å². The molecule has 0 bridgehead atoms. The first kappa shape index (κ1) is 15.0. The number of halogens is 3. The van der Waals surface area contributed by atoms with Crippen LogP contribution in [-0.2, 0) is 17.2 Å². The average Bonchev–Trinajstić information content (AvgIpc) is 2.24. The molecule has 0 saturated heterocycles. The van der Waals surface area contributed by atoms with Crippen molar-refractivity contribution in [2.45, 2.75) is 38.8 Å². The van der Waals surface area contributed by atoms with Gasteiger partial charge in [0.05, 0.1) is 6.54 Å². The summed E-state index contributed by atoms with van der Waals surface area (Å²) >= 11 is 5.82. The van der Waals surface area contributed by atoms with Crippen molar-refractivity contribution in [2.75, 3.05) is 6.54 Å². The highest BCUT2D eigenvalue weighted by Crippen LogP contribution is 2.38.